The molecule has 1 aliphatic rings. The van der Waals surface area contributed by atoms with E-state index in [2.05, 4.69) is 0 Å². The summed E-state index contributed by atoms with van der Waals surface area (Å²) < 4.78 is 10.9. The Balaban J connectivity index is 2.42. The minimum atomic E-state index is -0.684. The van der Waals surface area contributed by atoms with Gasteiger partial charge in [0.05, 0.1) is 13.2 Å². The fourth-order valence-electron chi connectivity index (χ4n) is 2.03. The lowest BCUT2D eigenvalue weighted by molar-refractivity contribution is 0.182. The summed E-state index contributed by atoms with van der Waals surface area (Å²) in [4.78, 5) is 0. The Morgan fingerprint density at radius 2 is 2.38 bits per heavy atom. The third-order valence-electron chi connectivity index (χ3n) is 2.83. The Bertz CT molecular complexity index is 392. The maximum absolute atomic E-state index is 9.79. The molecule has 4 nitrogen and oxygen atoms in total. The fraction of sp³-hybridized carbons (Fsp3) is 0.500. The zero-order valence-electron chi connectivity index (χ0n) is 9.56. The maximum Gasteiger partial charge on any atom is 0.128 e. The quantitative estimate of drug-likeness (QED) is 0.802. The summed E-state index contributed by atoms with van der Waals surface area (Å²) in [7, 11) is 1.58. The first-order valence-electron chi connectivity index (χ1n) is 5.41. The van der Waals surface area contributed by atoms with Gasteiger partial charge in [0, 0.05) is 24.6 Å². The van der Waals surface area contributed by atoms with Crippen molar-refractivity contribution in [1.82, 2.24) is 0 Å². The predicted molar refractivity (Wildman–Crippen MR) is 60.8 cm³/mol. The molecular formula is C12H17NO3. The highest BCUT2D eigenvalue weighted by Crippen LogP contribution is 2.37. The van der Waals surface area contributed by atoms with Crippen molar-refractivity contribution >= 4 is 0 Å². The number of hydrogen-bond donors (Lipinski definition) is 2. The molecule has 0 saturated heterocycles. The van der Waals surface area contributed by atoms with E-state index >= 15 is 0 Å². The Morgan fingerprint density at radius 3 is 3.00 bits per heavy atom. The number of hydrogen-bond acceptors (Lipinski definition) is 4. The molecule has 0 amide bonds. The Morgan fingerprint density at radius 1 is 1.62 bits per heavy atom. The van der Waals surface area contributed by atoms with E-state index in [4.69, 9.17) is 15.2 Å². The summed E-state index contributed by atoms with van der Waals surface area (Å²) >= 11 is 0. The first-order valence-corrected chi connectivity index (χ1v) is 5.41. The molecule has 1 heterocycles. The van der Waals surface area contributed by atoms with Crippen molar-refractivity contribution < 1.29 is 14.6 Å². The first-order chi connectivity index (χ1) is 7.65. The topological polar surface area (TPSA) is 64.7 Å². The summed E-state index contributed by atoms with van der Waals surface area (Å²) in [6.07, 6.45) is 0.366. The van der Waals surface area contributed by atoms with Crippen molar-refractivity contribution in [2.75, 3.05) is 13.7 Å². The normalized spacial score (nSPS) is 20.1. The average molecular weight is 223 g/mol. The SMILES string of the molecule is COc1cc2c(cc1C(O)CN)CC(C)O2. The van der Waals surface area contributed by atoms with Gasteiger partial charge in [0.15, 0.2) is 0 Å². The van der Waals surface area contributed by atoms with Crippen LogP contribution in [0.25, 0.3) is 0 Å². The lowest BCUT2D eigenvalue weighted by Gasteiger charge is -2.14. The molecule has 2 unspecified atom stereocenters. The molecule has 4 heteroatoms. The molecule has 1 aromatic carbocycles. The van der Waals surface area contributed by atoms with Crippen LogP contribution in [0.5, 0.6) is 11.5 Å². The molecule has 2 rings (SSSR count). The van der Waals surface area contributed by atoms with E-state index in [-0.39, 0.29) is 12.6 Å². The van der Waals surface area contributed by atoms with Gasteiger partial charge in [-0.05, 0) is 18.6 Å². The van der Waals surface area contributed by atoms with Crippen LogP contribution < -0.4 is 15.2 Å². The predicted octanol–water partition coefficient (Wildman–Crippen LogP) is 1.01. The summed E-state index contributed by atoms with van der Waals surface area (Å²) in [5.41, 5.74) is 7.31. The monoisotopic (exact) mass is 223 g/mol. The van der Waals surface area contributed by atoms with Crippen molar-refractivity contribution in [2.24, 2.45) is 5.73 Å². The Kier molecular flexibility index (Phi) is 3.03. The molecule has 0 spiro atoms. The van der Waals surface area contributed by atoms with Crippen LogP contribution in [0, 0.1) is 0 Å². The van der Waals surface area contributed by atoms with Gasteiger partial charge in [0.25, 0.3) is 0 Å². The third-order valence-corrected chi connectivity index (χ3v) is 2.83. The number of aliphatic hydroxyl groups excluding tert-OH is 1. The van der Waals surface area contributed by atoms with Crippen LogP contribution >= 0.6 is 0 Å². The van der Waals surface area contributed by atoms with Crippen LogP contribution in [0.3, 0.4) is 0 Å². The van der Waals surface area contributed by atoms with E-state index in [9.17, 15) is 5.11 Å². The van der Waals surface area contributed by atoms with Gasteiger partial charge in [-0.3, -0.25) is 0 Å². The first kappa shape index (κ1) is 11.2. The number of benzene rings is 1. The highest BCUT2D eigenvalue weighted by atomic mass is 16.5. The van der Waals surface area contributed by atoms with E-state index in [1.807, 2.05) is 19.1 Å². The van der Waals surface area contributed by atoms with Gasteiger partial charge in [-0.15, -0.1) is 0 Å². The summed E-state index contributed by atoms with van der Waals surface area (Å²) in [6.45, 7) is 2.21. The van der Waals surface area contributed by atoms with Crippen LogP contribution in [0.4, 0.5) is 0 Å². The van der Waals surface area contributed by atoms with Crippen molar-refractivity contribution in [3.05, 3.63) is 23.3 Å². The van der Waals surface area contributed by atoms with E-state index in [0.717, 1.165) is 23.3 Å². The zero-order chi connectivity index (χ0) is 11.7. The minimum Gasteiger partial charge on any atom is -0.496 e. The lowest BCUT2D eigenvalue weighted by Crippen LogP contribution is -2.12. The third kappa shape index (κ3) is 1.86. The summed E-state index contributed by atoms with van der Waals surface area (Å²) in [6, 6.07) is 3.75. The highest BCUT2D eigenvalue weighted by Gasteiger charge is 2.23. The van der Waals surface area contributed by atoms with Crippen LogP contribution in [0.2, 0.25) is 0 Å². The van der Waals surface area contributed by atoms with Gasteiger partial charge in [0.1, 0.15) is 17.6 Å². The Hall–Kier alpha value is -1.26. The van der Waals surface area contributed by atoms with Gasteiger partial charge in [-0.1, -0.05) is 0 Å². The molecular weight excluding hydrogens is 206 g/mol. The molecule has 0 saturated carbocycles. The molecule has 0 aliphatic carbocycles. The standard InChI is InChI=1S/C12H17NO3/c1-7-3-8-4-9(10(14)6-13)12(15-2)5-11(8)16-7/h4-5,7,10,14H,3,6,13H2,1-2H3. The van der Waals surface area contributed by atoms with Crippen LogP contribution in [0.15, 0.2) is 12.1 Å². The minimum absolute atomic E-state index is 0.185. The second-order valence-electron chi connectivity index (χ2n) is 4.09. The van der Waals surface area contributed by atoms with Gasteiger partial charge in [-0.2, -0.15) is 0 Å². The zero-order valence-corrected chi connectivity index (χ0v) is 9.56. The molecule has 0 aromatic heterocycles. The van der Waals surface area contributed by atoms with Gasteiger partial charge in [0.2, 0.25) is 0 Å². The number of methoxy groups -OCH3 is 1. The van der Waals surface area contributed by atoms with Gasteiger partial charge < -0.3 is 20.3 Å². The molecule has 3 N–H and O–H groups in total. The number of ether oxygens (including phenoxy) is 2. The summed E-state index contributed by atoms with van der Waals surface area (Å²) in [5.74, 6) is 1.48. The molecule has 1 aliphatic heterocycles. The van der Waals surface area contributed by atoms with Crippen molar-refractivity contribution in [2.45, 2.75) is 25.6 Å². The van der Waals surface area contributed by atoms with E-state index in [0.29, 0.717) is 5.75 Å². The van der Waals surface area contributed by atoms with Crippen LogP contribution in [-0.4, -0.2) is 24.9 Å². The number of fused-ring (bicyclic) bond motifs is 1. The molecule has 2 atom stereocenters. The van der Waals surface area contributed by atoms with Crippen molar-refractivity contribution in [3.63, 3.8) is 0 Å². The van der Waals surface area contributed by atoms with Crippen LogP contribution in [0.1, 0.15) is 24.2 Å². The number of aliphatic hydroxyl groups is 1. The fourth-order valence-corrected chi connectivity index (χ4v) is 2.03. The second-order valence-corrected chi connectivity index (χ2v) is 4.09. The highest BCUT2D eigenvalue weighted by molar-refractivity contribution is 5.49. The number of rotatable bonds is 3. The van der Waals surface area contributed by atoms with Gasteiger partial charge in [-0.25, -0.2) is 0 Å². The summed E-state index contributed by atoms with van der Waals surface area (Å²) in [5, 5.41) is 9.79. The second kappa shape index (κ2) is 4.31. The molecule has 1 aromatic rings. The van der Waals surface area contributed by atoms with E-state index in [1.54, 1.807) is 7.11 Å². The van der Waals surface area contributed by atoms with Gasteiger partial charge >= 0.3 is 0 Å². The number of nitrogens with two attached hydrogens (primary N) is 1. The lowest BCUT2D eigenvalue weighted by atomic mass is 10.0. The molecule has 0 fully saturated rings. The van der Waals surface area contributed by atoms with Crippen molar-refractivity contribution in [1.29, 1.82) is 0 Å². The smallest absolute Gasteiger partial charge is 0.128 e. The average Bonchev–Trinajstić information content (AvgIpc) is 2.65. The largest absolute Gasteiger partial charge is 0.496 e. The van der Waals surface area contributed by atoms with Crippen LogP contribution in [-0.2, 0) is 6.42 Å². The molecule has 16 heavy (non-hydrogen) atoms. The molecule has 88 valence electrons. The van der Waals surface area contributed by atoms with E-state index < -0.39 is 6.10 Å². The maximum atomic E-state index is 9.79. The molecule has 0 radical (unpaired) electrons. The van der Waals surface area contributed by atoms with Crippen molar-refractivity contribution in [3.8, 4) is 11.5 Å². The molecule has 0 bridgehead atoms. The Labute approximate surface area is 95.0 Å². The van der Waals surface area contributed by atoms with E-state index in [1.165, 1.54) is 0 Å².